The molecule has 0 aliphatic carbocycles. The largest absolute Gasteiger partial charge is 0.494 e. The highest BCUT2D eigenvalue weighted by Gasteiger charge is 2.76. The van der Waals surface area contributed by atoms with Crippen LogP contribution >= 0.6 is 27.7 Å². The van der Waals surface area contributed by atoms with Crippen molar-refractivity contribution in [3.63, 3.8) is 0 Å². The minimum absolute atomic E-state index is 0.0780. The summed E-state index contributed by atoms with van der Waals surface area (Å²) in [7, 11) is 0. The number of nitrogens with zero attached hydrogens (tertiary/aromatic N) is 3. The highest BCUT2D eigenvalue weighted by atomic mass is 79.9. The number of aliphatic hydroxyl groups is 1. The summed E-state index contributed by atoms with van der Waals surface area (Å²) >= 11 is 5.50. The van der Waals surface area contributed by atoms with Crippen molar-refractivity contribution in [3.8, 4) is 5.75 Å². The Morgan fingerprint density at radius 2 is 1.79 bits per heavy atom. The van der Waals surface area contributed by atoms with E-state index in [1.807, 2.05) is 73.3 Å². The van der Waals surface area contributed by atoms with Crippen LogP contribution in [0.2, 0.25) is 0 Å². The topological polar surface area (TPSA) is 90.4 Å². The fraction of sp³-hybridized carbons (Fsp3) is 0.486. The van der Waals surface area contributed by atoms with Crippen molar-refractivity contribution in [2.45, 2.75) is 73.0 Å². The molecule has 0 aromatic heterocycles. The molecule has 2 aromatic carbocycles. The van der Waals surface area contributed by atoms with E-state index < -0.39 is 28.7 Å². The molecule has 2 aromatic rings. The van der Waals surface area contributed by atoms with Crippen LogP contribution in [0.25, 0.3) is 0 Å². The SMILES string of the molecule is C=CCN(C(=O)[C@H]1[C@H]2C(=O)N([C@H](CO)c3ccccc3)C(C(=O)N(CC=C)C(C)CCC)C23CC(Br)[C@@H]1S3)c1ccc(OCC)cc1. The number of carbonyl (C=O) groups is 3. The first-order valence-corrected chi connectivity index (χ1v) is 18.3. The Labute approximate surface area is 291 Å². The number of carbonyl (C=O) groups excluding carboxylic acids is 3. The smallest absolute Gasteiger partial charge is 0.247 e. The molecule has 3 heterocycles. The molecule has 4 unspecified atom stereocenters. The lowest BCUT2D eigenvalue weighted by molar-refractivity contribution is -0.146. The minimum Gasteiger partial charge on any atom is -0.494 e. The number of hydrogen-bond acceptors (Lipinski definition) is 6. The summed E-state index contributed by atoms with van der Waals surface area (Å²) in [5, 5.41) is 10.7. The zero-order valence-electron chi connectivity index (χ0n) is 27.5. The predicted molar refractivity (Wildman–Crippen MR) is 192 cm³/mol. The molecular formula is C37H46BrN3O5S. The molecule has 10 heteroatoms. The molecule has 8 nitrogen and oxygen atoms in total. The van der Waals surface area contributed by atoms with Crippen molar-refractivity contribution in [1.82, 2.24) is 9.80 Å². The molecule has 0 saturated carbocycles. The van der Waals surface area contributed by atoms with E-state index in [0.29, 0.717) is 31.0 Å². The van der Waals surface area contributed by atoms with Gasteiger partial charge in [-0.05, 0) is 56.5 Å². The maximum Gasteiger partial charge on any atom is 0.247 e. The summed E-state index contributed by atoms with van der Waals surface area (Å²) in [6, 6.07) is 15.0. The number of amides is 3. The van der Waals surface area contributed by atoms with E-state index in [2.05, 4.69) is 36.0 Å². The van der Waals surface area contributed by atoms with Crippen LogP contribution < -0.4 is 9.64 Å². The fourth-order valence-electron chi connectivity index (χ4n) is 7.87. The predicted octanol–water partition coefficient (Wildman–Crippen LogP) is 6.01. The van der Waals surface area contributed by atoms with E-state index in [0.717, 1.165) is 18.4 Å². The van der Waals surface area contributed by atoms with Gasteiger partial charge in [0, 0.05) is 34.9 Å². The van der Waals surface area contributed by atoms with Crippen molar-refractivity contribution < 1.29 is 24.2 Å². The average molecular weight is 725 g/mol. The summed E-state index contributed by atoms with van der Waals surface area (Å²) in [4.78, 5) is 49.8. The van der Waals surface area contributed by atoms with E-state index in [-0.39, 0.29) is 47.0 Å². The van der Waals surface area contributed by atoms with Gasteiger partial charge in [0.2, 0.25) is 17.7 Å². The second-order valence-corrected chi connectivity index (χ2v) is 15.3. The standard InChI is InChI=1S/C37H46BrN3O5S/c1-6-13-24(5)39(20-7-2)36(45)33-37-22-28(38)32(47-37)30(31(37)35(44)41(33)29(23-42)25-14-11-10-12-15-25)34(43)40(21-8-3)26-16-18-27(19-17-26)46-9-4/h7-8,10-12,14-19,24,28-33,42H,2-3,6,9,13,20-23H2,1,4-5H3/t24?,28?,29-,30+,31+,32+,33?,37?/m1/s1. The normalized spacial score (nSPS) is 27.2. The van der Waals surface area contributed by atoms with Gasteiger partial charge in [-0.1, -0.05) is 71.8 Å². The Kier molecular flexibility index (Phi) is 11.2. The molecule has 47 heavy (non-hydrogen) atoms. The van der Waals surface area contributed by atoms with Gasteiger partial charge in [-0.25, -0.2) is 0 Å². The van der Waals surface area contributed by atoms with Gasteiger partial charge >= 0.3 is 0 Å². The van der Waals surface area contributed by atoms with Gasteiger partial charge < -0.3 is 24.5 Å². The summed E-state index contributed by atoms with van der Waals surface area (Å²) in [6.07, 6.45) is 5.66. The third-order valence-electron chi connectivity index (χ3n) is 9.82. The van der Waals surface area contributed by atoms with Gasteiger partial charge in [0.05, 0.1) is 35.8 Å². The molecule has 3 aliphatic rings. The first kappa shape index (κ1) is 35.2. The van der Waals surface area contributed by atoms with Crippen LogP contribution in [0.3, 0.4) is 0 Å². The average Bonchev–Trinajstić information content (AvgIpc) is 3.67. The Balaban J connectivity index is 1.62. The number of benzene rings is 2. The number of alkyl halides is 1. The van der Waals surface area contributed by atoms with Crippen molar-refractivity contribution in [1.29, 1.82) is 0 Å². The molecule has 5 rings (SSSR count). The number of aliphatic hydroxyl groups excluding tert-OH is 1. The van der Waals surface area contributed by atoms with Crippen LogP contribution in [0.5, 0.6) is 5.75 Å². The van der Waals surface area contributed by atoms with Crippen molar-refractivity contribution in [3.05, 3.63) is 85.5 Å². The quantitative estimate of drug-likeness (QED) is 0.179. The first-order chi connectivity index (χ1) is 22.7. The summed E-state index contributed by atoms with van der Waals surface area (Å²) in [6.45, 7) is 14.7. The number of anilines is 1. The van der Waals surface area contributed by atoms with Gasteiger partial charge in [-0.2, -0.15) is 0 Å². The van der Waals surface area contributed by atoms with Gasteiger partial charge in [0.25, 0.3) is 0 Å². The van der Waals surface area contributed by atoms with Gasteiger partial charge in [-0.15, -0.1) is 24.9 Å². The lowest BCUT2D eigenvalue weighted by Gasteiger charge is -2.41. The fourth-order valence-corrected chi connectivity index (χ4v) is 11.5. The second-order valence-electron chi connectivity index (χ2n) is 12.6. The number of thioether (sulfide) groups is 1. The van der Waals surface area contributed by atoms with Crippen molar-refractivity contribution in [2.24, 2.45) is 11.8 Å². The van der Waals surface area contributed by atoms with Crippen molar-refractivity contribution >= 4 is 51.1 Å². The Hall–Kier alpha value is -3.08. The number of hydrogen-bond donors (Lipinski definition) is 1. The van der Waals surface area contributed by atoms with Crippen LogP contribution in [0.15, 0.2) is 79.9 Å². The molecule has 8 atom stereocenters. The molecule has 3 aliphatic heterocycles. The number of halogens is 1. The third-order valence-corrected chi connectivity index (χ3v) is 13.0. The van der Waals surface area contributed by atoms with Gasteiger partial charge in [-0.3, -0.25) is 14.4 Å². The second kappa shape index (κ2) is 15.0. The van der Waals surface area contributed by atoms with Crippen LogP contribution in [0.4, 0.5) is 5.69 Å². The number of rotatable bonds is 15. The maximum atomic E-state index is 15.0. The lowest BCUT2D eigenvalue weighted by atomic mass is 9.70. The molecule has 3 saturated heterocycles. The first-order valence-electron chi connectivity index (χ1n) is 16.5. The van der Waals surface area contributed by atoms with Gasteiger partial charge in [0.1, 0.15) is 11.8 Å². The van der Waals surface area contributed by atoms with Crippen LogP contribution in [0, 0.1) is 11.8 Å². The molecule has 2 bridgehead atoms. The number of likely N-dealkylation sites (tertiary alicyclic amines) is 1. The highest BCUT2D eigenvalue weighted by Crippen LogP contribution is 2.69. The molecule has 1 spiro atoms. The van der Waals surface area contributed by atoms with Crippen molar-refractivity contribution in [2.75, 3.05) is 31.2 Å². The summed E-state index contributed by atoms with van der Waals surface area (Å²) in [5.74, 6) is -1.32. The Morgan fingerprint density at radius 3 is 2.38 bits per heavy atom. The van der Waals surface area contributed by atoms with Crippen LogP contribution in [-0.2, 0) is 14.4 Å². The summed E-state index contributed by atoms with van der Waals surface area (Å²) < 4.78 is 4.76. The molecular weight excluding hydrogens is 678 g/mol. The van der Waals surface area contributed by atoms with E-state index >= 15 is 0 Å². The van der Waals surface area contributed by atoms with E-state index in [1.165, 1.54) is 0 Å². The van der Waals surface area contributed by atoms with Crippen LogP contribution in [0.1, 0.15) is 51.6 Å². The molecule has 3 fully saturated rings. The third kappa shape index (κ3) is 6.29. The number of fused-ring (bicyclic) bond motifs is 1. The maximum absolute atomic E-state index is 15.0. The lowest BCUT2D eigenvalue weighted by Crippen LogP contribution is -2.58. The number of ether oxygens (including phenoxy) is 1. The van der Waals surface area contributed by atoms with E-state index in [4.69, 9.17) is 4.74 Å². The molecule has 252 valence electrons. The van der Waals surface area contributed by atoms with E-state index in [9.17, 15) is 19.5 Å². The minimum atomic E-state index is -0.872. The summed E-state index contributed by atoms with van der Waals surface area (Å²) in [5.41, 5.74) is 1.43. The Morgan fingerprint density at radius 1 is 1.11 bits per heavy atom. The molecule has 1 N–H and O–H groups in total. The van der Waals surface area contributed by atoms with Crippen LogP contribution in [-0.4, -0.2) is 85.8 Å². The van der Waals surface area contributed by atoms with Gasteiger partial charge in [0.15, 0.2) is 0 Å². The monoisotopic (exact) mass is 723 g/mol. The van der Waals surface area contributed by atoms with E-state index in [1.54, 1.807) is 33.7 Å². The molecule has 0 radical (unpaired) electrons. The zero-order valence-corrected chi connectivity index (χ0v) is 29.9. The Bertz CT molecular complexity index is 1460. The molecule has 3 amide bonds. The highest BCUT2D eigenvalue weighted by molar-refractivity contribution is 9.09. The zero-order chi connectivity index (χ0) is 33.9.